The molecule has 0 saturated heterocycles. The molecule has 1 aromatic heterocycles. The van der Waals surface area contributed by atoms with E-state index in [0.29, 0.717) is 37.2 Å². The average molecular weight is 544 g/mol. The van der Waals surface area contributed by atoms with Gasteiger partial charge in [0.2, 0.25) is 11.0 Å². The lowest BCUT2D eigenvalue weighted by molar-refractivity contribution is -0.113. The molecule has 12 heteroatoms. The van der Waals surface area contributed by atoms with Gasteiger partial charge in [0.15, 0.2) is 15.8 Å². The third-order valence-corrected chi connectivity index (χ3v) is 6.59. The predicted molar refractivity (Wildman–Crippen MR) is 126 cm³/mol. The topological polar surface area (TPSA) is 102 Å². The fraction of sp³-hybridized carbons (Fsp3) is 0.158. The second-order valence-electron chi connectivity index (χ2n) is 5.86. The van der Waals surface area contributed by atoms with E-state index in [2.05, 4.69) is 36.8 Å². The smallest absolute Gasteiger partial charge is 0.259 e. The van der Waals surface area contributed by atoms with Gasteiger partial charge < -0.3 is 14.8 Å². The first kappa shape index (κ1) is 23.3. The highest BCUT2D eigenvalue weighted by Gasteiger charge is 2.15. The molecule has 1 heterocycles. The standard InChI is InChI=1S/C19H16BrClN4O4S2/c1-28-14-6-4-11(8-15(14)29-2)22-16(26)9-30-19-25-24-18(31-19)23-17(27)12-7-10(20)3-5-13(12)21/h3-8H,9H2,1-2H3,(H,22,26)(H,23,24,27). The molecule has 2 amide bonds. The van der Waals surface area contributed by atoms with Gasteiger partial charge in [0.25, 0.3) is 5.91 Å². The summed E-state index contributed by atoms with van der Waals surface area (Å²) in [5, 5.41) is 14.0. The number of anilines is 2. The first-order chi connectivity index (χ1) is 14.9. The van der Waals surface area contributed by atoms with Crippen molar-refractivity contribution < 1.29 is 19.1 Å². The van der Waals surface area contributed by atoms with Crippen molar-refractivity contribution in [3.63, 3.8) is 0 Å². The van der Waals surface area contributed by atoms with Crippen molar-refractivity contribution in [2.24, 2.45) is 0 Å². The van der Waals surface area contributed by atoms with Crippen LogP contribution in [0, 0.1) is 0 Å². The molecule has 0 aliphatic carbocycles. The number of nitrogens with one attached hydrogen (secondary N) is 2. The second-order valence-corrected chi connectivity index (χ2v) is 9.38. The van der Waals surface area contributed by atoms with Gasteiger partial charge >= 0.3 is 0 Å². The highest BCUT2D eigenvalue weighted by atomic mass is 79.9. The van der Waals surface area contributed by atoms with E-state index in [9.17, 15) is 9.59 Å². The minimum Gasteiger partial charge on any atom is -0.493 e. The Balaban J connectivity index is 1.54. The highest BCUT2D eigenvalue weighted by Crippen LogP contribution is 2.30. The van der Waals surface area contributed by atoms with Crippen molar-refractivity contribution in [1.29, 1.82) is 0 Å². The van der Waals surface area contributed by atoms with Crippen LogP contribution >= 0.6 is 50.6 Å². The van der Waals surface area contributed by atoms with Gasteiger partial charge in [0.05, 0.1) is 30.6 Å². The molecule has 0 atom stereocenters. The maximum Gasteiger partial charge on any atom is 0.259 e. The number of ether oxygens (including phenoxy) is 2. The van der Waals surface area contributed by atoms with Crippen LogP contribution in [-0.2, 0) is 4.79 Å². The number of methoxy groups -OCH3 is 2. The molecule has 0 aliphatic heterocycles. The largest absolute Gasteiger partial charge is 0.493 e. The van der Waals surface area contributed by atoms with Crippen LogP contribution in [-0.4, -0.2) is 42.0 Å². The summed E-state index contributed by atoms with van der Waals surface area (Å²) in [6, 6.07) is 10.1. The molecule has 8 nitrogen and oxygen atoms in total. The molecule has 0 unspecified atom stereocenters. The SMILES string of the molecule is COc1ccc(NC(=O)CSc2nnc(NC(=O)c3cc(Br)ccc3Cl)s2)cc1OC. The number of aromatic nitrogens is 2. The summed E-state index contributed by atoms with van der Waals surface area (Å²) in [6.07, 6.45) is 0. The molecule has 31 heavy (non-hydrogen) atoms. The second kappa shape index (κ2) is 10.8. The minimum atomic E-state index is -0.398. The van der Waals surface area contributed by atoms with Crippen molar-refractivity contribution in [3.8, 4) is 11.5 Å². The maximum absolute atomic E-state index is 12.4. The summed E-state index contributed by atoms with van der Waals surface area (Å²) >= 11 is 11.7. The number of benzene rings is 2. The zero-order chi connectivity index (χ0) is 22.4. The summed E-state index contributed by atoms with van der Waals surface area (Å²) in [7, 11) is 3.06. The zero-order valence-corrected chi connectivity index (χ0v) is 20.2. The van der Waals surface area contributed by atoms with Crippen molar-refractivity contribution in [1.82, 2.24) is 10.2 Å². The molecule has 3 rings (SSSR count). The lowest BCUT2D eigenvalue weighted by Crippen LogP contribution is -2.14. The Morgan fingerprint density at radius 1 is 1.10 bits per heavy atom. The molecular weight excluding hydrogens is 528 g/mol. The lowest BCUT2D eigenvalue weighted by atomic mass is 10.2. The van der Waals surface area contributed by atoms with Gasteiger partial charge in [0, 0.05) is 16.2 Å². The Kier molecular flexibility index (Phi) is 8.13. The van der Waals surface area contributed by atoms with E-state index >= 15 is 0 Å². The Morgan fingerprint density at radius 3 is 2.61 bits per heavy atom. The van der Waals surface area contributed by atoms with E-state index < -0.39 is 5.91 Å². The van der Waals surface area contributed by atoms with Gasteiger partial charge in [-0.2, -0.15) is 0 Å². The fourth-order valence-electron chi connectivity index (χ4n) is 2.39. The van der Waals surface area contributed by atoms with E-state index in [4.69, 9.17) is 21.1 Å². The van der Waals surface area contributed by atoms with Crippen LogP contribution in [0.3, 0.4) is 0 Å². The average Bonchev–Trinajstić information content (AvgIpc) is 3.21. The molecule has 0 spiro atoms. The van der Waals surface area contributed by atoms with Crippen molar-refractivity contribution in [2.45, 2.75) is 4.34 Å². The van der Waals surface area contributed by atoms with E-state index in [1.54, 1.807) is 43.5 Å². The van der Waals surface area contributed by atoms with Gasteiger partial charge in [-0.1, -0.05) is 50.6 Å². The number of hydrogen-bond donors (Lipinski definition) is 2. The summed E-state index contributed by atoms with van der Waals surface area (Å²) in [5.41, 5.74) is 0.897. The van der Waals surface area contributed by atoms with E-state index in [0.717, 1.165) is 15.8 Å². The molecule has 2 N–H and O–H groups in total. The van der Waals surface area contributed by atoms with Gasteiger partial charge in [0.1, 0.15) is 0 Å². The highest BCUT2D eigenvalue weighted by molar-refractivity contribution is 9.10. The molecule has 0 radical (unpaired) electrons. The number of amides is 2. The zero-order valence-electron chi connectivity index (χ0n) is 16.3. The van der Waals surface area contributed by atoms with E-state index in [-0.39, 0.29) is 11.7 Å². The maximum atomic E-state index is 12.4. The van der Waals surface area contributed by atoms with Crippen LogP contribution in [0.25, 0.3) is 0 Å². The van der Waals surface area contributed by atoms with Gasteiger partial charge in [-0.05, 0) is 30.3 Å². The Bertz CT molecular complexity index is 1110. The van der Waals surface area contributed by atoms with Crippen LogP contribution in [0.4, 0.5) is 10.8 Å². The van der Waals surface area contributed by atoms with Crippen molar-refractivity contribution in [2.75, 3.05) is 30.6 Å². The van der Waals surface area contributed by atoms with E-state index in [1.807, 2.05) is 0 Å². The third kappa shape index (κ3) is 6.33. The summed E-state index contributed by atoms with van der Waals surface area (Å²) in [4.78, 5) is 24.6. The number of rotatable bonds is 8. The van der Waals surface area contributed by atoms with Gasteiger partial charge in [-0.25, -0.2) is 0 Å². The van der Waals surface area contributed by atoms with Crippen LogP contribution in [0.2, 0.25) is 5.02 Å². The number of nitrogens with zero attached hydrogens (tertiary/aromatic N) is 2. The van der Waals surface area contributed by atoms with Crippen LogP contribution in [0.1, 0.15) is 10.4 Å². The predicted octanol–water partition coefficient (Wildman–Crippen LogP) is 4.95. The lowest BCUT2D eigenvalue weighted by Gasteiger charge is -2.10. The molecule has 0 aliphatic rings. The Hall–Kier alpha value is -2.34. The molecule has 162 valence electrons. The third-order valence-electron chi connectivity index (χ3n) is 3.79. The van der Waals surface area contributed by atoms with E-state index in [1.165, 1.54) is 18.9 Å². The number of thioether (sulfide) groups is 1. The summed E-state index contributed by atoms with van der Waals surface area (Å²) < 4.78 is 11.7. The number of hydrogen-bond acceptors (Lipinski definition) is 8. The molecule has 0 saturated carbocycles. The first-order valence-corrected chi connectivity index (χ1v) is 11.6. The van der Waals surface area contributed by atoms with Crippen LogP contribution in [0.5, 0.6) is 11.5 Å². The number of carbonyl (C=O) groups excluding carboxylic acids is 2. The Labute approximate surface area is 199 Å². The van der Waals surface area contributed by atoms with Crippen molar-refractivity contribution in [3.05, 3.63) is 51.5 Å². The molecule has 3 aromatic rings. The fourth-order valence-corrected chi connectivity index (χ4v) is 4.50. The molecule has 0 bridgehead atoms. The van der Waals surface area contributed by atoms with Gasteiger partial charge in [-0.3, -0.25) is 14.9 Å². The van der Waals surface area contributed by atoms with Crippen molar-refractivity contribution >= 4 is 73.3 Å². The quantitative estimate of drug-likeness (QED) is 0.306. The first-order valence-electron chi connectivity index (χ1n) is 8.64. The number of halogens is 2. The molecular formula is C19H16BrClN4O4S2. The number of carbonyl (C=O) groups is 2. The van der Waals surface area contributed by atoms with Gasteiger partial charge in [-0.15, -0.1) is 10.2 Å². The monoisotopic (exact) mass is 542 g/mol. The van der Waals surface area contributed by atoms with Crippen LogP contribution in [0.15, 0.2) is 45.2 Å². The minimum absolute atomic E-state index is 0.119. The summed E-state index contributed by atoms with van der Waals surface area (Å²) in [6.45, 7) is 0. The molecule has 0 fully saturated rings. The molecule has 2 aromatic carbocycles. The normalized spacial score (nSPS) is 10.5. The summed E-state index contributed by atoms with van der Waals surface area (Å²) in [5.74, 6) is 0.587. The Morgan fingerprint density at radius 2 is 1.87 bits per heavy atom. The van der Waals surface area contributed by atoms with Crippen LogP contribution < -0.4 is 20.1 Å².